The third kappa shape index (κ3) is 3.85. The van der Waals surface area contributed by atoms with Crippen molar-refractivity contribution < 1.29 is 4.79 Å². The van der Waals surface area contributed by atoms with Gasteiger partial charge in [0, 0.05) is 23.2 Å². The Labute approximate surface area is 181 Å². The second-order valence-corrected chi connectivity index (χ2v) is 9.06. The lowest BCUT2D eigenvalue weighted by Crippen LogP contribution is -2.07. The molecule has 0 spiro atoms. The number of nitrogens with zero attached hydrogens (tertiary/aromatic N) is 1. The molecule has 0 saturated heterocycles. The highest BCUT2D eigenvalue weighted by molar-refractivity contribution is 7.98. The molecule has 0 aliphatic carbocycles. The van der Waals surface area contributed by atoms with Crippen LogP contribution in [0.15, 0.2) is 36.4 Å². The van der Waals surface area contributed by atoms with E-state index < -0.39 is 0 Å². The molecule has 0 saturated carbocycles. The minimum atomic E-state index is -0.0699. The van der Waals surface area contributed by atoms with Crippen molar-refractivity contribution in [3.05, 3.63) is 68.8 Å². The number of aromatic nitrogens is 1. The third-order valence-corrected chi connectivity index (χ3v) is 6.66. The van der Waals surface area contributed by atoms with Gasteiger partial charge in [-0.05, 0) is 49.0 Å². The van der Waals surface area contributed by atoms with Gasteiger partial charge in [0.05, 0.1) is 21.1 Å². The Hall–Kier alpha value is -1.42. The highest BCUT2D eigenvalue weighted by Crippen LogP contribution is 2.35. The van der Waals surface area contributed by atoms with Crippen molar-refractivity contribution in [3.63, 3.8) is 0 Å². The van der Waals surface area contributed by atoms with Gasteiger partial charge in [-0.25, -0.2) is 0 Å². The van der Waals surface area contributed by atoms with Crippen molar-refractivity contribution in [1.29, 1.82) is 0 Å². The SMILES string of the molecule is CSCCCn1c(C)c(C(=O)c2cccc(Cl)c2Cl)c2cccc(C(C)C)c21. The van der Waals surface area contributed by atoms with Crippen LogP contribution < -0.4 is 0 Å². The molecule has 3 rings (SSSR count). The van der Waals surface area contributed by atoms with E-state index in [-0.39, 0.29) is 5.78 Å². The summed E-state index contributed by atoms with van der Waals surface area (Å²) in [6, 6.07) is 11.5. The van der Waals surface area contributed by atoms with E-state index in [2.05, 4.69) is 30.7 Å². The van der Waals surface area contributed by atoms with Gasteiger partial charge in [0.1, 0.15) is 0 Å². The zero-order valence-electron chi connectivity index (χ0n) is 16.7. The smallest absolute Gasteiger partial charge is 0.197 e. The number of fused-ring (bicyclic) bond motifs is 1. The summed E-state index contributed by atoms with van der Waals surface area (Å²) in [6.45, 7) is 7.32. The topological polar surface area (TPSA) is 22.0 Å². The van der Waals surface area contributed by atoms with Crippen molar-refractivity contribution >= 4 is 51.6 Å². The van der Waals surface area contributed by atoms with Crippen molar-refractivity contribution in [1.82, 2.24) is 4.57 Å². The molecule has 0 unspecified atom stereocenters. The molecule has 2 aromatic carbocycles. The van der Waals surface area contributed by atoms with Gasteiger partial charge in [0.25, 0.3) is 0 Å². The fraction of sp³-hybridized carbons (Fsp3) is 0.348. The van der Waals surface area contributed by atoms with Gasteiger partial charge < -0.3 is 4.57 Å². The summed E-state index contributed by atoms with van der Waals surface area (Å²) in [5.74, 6) is 1.39. The maximum absolute atomic E-state index is 13.5. The lowest BCUT2D eigenvalue weighted by molar-refractivity contribution is 0.103. The normalized spacial score (nSPS) is 11.5. The Morgan fingerprint density at radius 2 is 1.86 bits per heavy atom. The molecule has 1 heterocycles. The Kier molecular flexibility index (Phi) is 6.80. The minimum absolute atomic E-state index is 0.0699. The quantitative estimate of drug-likeness (QED) is 0.286. The standard InChI is InChI=1S/C23H25Cl2NOS/c1-14(2)16-8-5-9-17-20(15(3)26(22(16)17)12-7-13-28-4)23(27)18-10-6-11-19(24)21(18)25/h5-6,8-11,14H,7,12-13H2,1-4H3. The lowest BCUT2D eigenvalue weighted by atomic mass is 9.96. The molecule has 0 atom stereocenters. The average Bonchev–Trinajstić information content (AvgIpc) is 2.95. The molecular formula is C23H25Cl2NOS. The molecule has 148 valence electrons. The van der Waals surface area contributed by atoms with Crippen LogP contribution in [0.25, 0.3) is 10.9 Å². The number of ketones is 1. The van der Waals surface area contributed by atoms with Crippen molar-refractivity contribution in [2.75, 3.05) is 12.0 Å². The van der Waals surface area contributed by atoms with Gasteiger partial charge in [-0.2, -0.15) is 11.8 Å². The molecule has 0 aliphatic rings. The molecule has 28 heavy (non-hydrogen) atoms. The predicted molar refractivity (Wildman–Crippen MR) is 124 cm³/mol. The van der Waals surface area contributed by atoms with E-state index in [0.29, 0.717) is 21.5 Å². The Bertz CT molecular complexity index is 1020. The van der Waals surface area contributed by atoms with Crippen LogP contribution in [-0.2, 0) is 6.54 Å². The van der Waals surface area contributed by atoms with E-state index in [0.717, 1.165) is 40.9 Å². The highest BCUT2D eigenvalue weighted by Gasteiger charge is 2.25. The van der Waals surface area contributed by atoms with Gasteiger partial charge in [0.2, 0.25) is 0 Å². The molecule has 0 fully saturated rings. The summed E-state index contributed by atoms with van der Waals surface area (Å²) in [6.07, 6.45) is 3.18. The van der Waals surface area contributed by atoms with Crippen molar-refractivity contribution in [2.24, 2.45) is 0 Å². The Morgan fingerprint density at radius 3 is 2.54 bits per heavy atom. The predicted octanol–water partition coefficient (Wildman–Crippen LogP) is 7.36. The second kappa shape index (κ2) is 8.94. The molecule has 0 amide bonds. The number of rotatable bonds is 7. The first-order valence-electron chi connectivity index (χ1n) is 9.47. The van der Waals surface area contributed by atoms with E-state index in [9.17, 15) is 4.79 Å². The molecule has 0 N–H and O–H groups in total. The van der Waals surface area contributed by atoms with Crippen LogP contribution in [0.1, 0.15) is 53.4 Å². The molecule has 0 aliphatic heterocycles. The molecular weight excluding hydrogens is 409 g/mol. The van der Waals surface area contributed by atoms with Gasteiger partial charge in [0.15, 0.2) is 5.78 Å². The second-order valence-electron chi connectivity index (χ2n) is 7.29. The maximum Gasteiger partial charge on any atom is 0.197 e. The van der Waals surface area contributed by atoms with Gasteiger partial charge >= 0.3 is 0 Å². The monoisotopic (exact) mass is 433 g/mol. The number of carbonyl (C=O) groups is 1. The number of carbonyl (C=O) groups excluding carboxylic acids is 1. The summed E-state index contributed by atoms with van der Waals surface area (Å²) in [4.78, 5) is 13.5. The first-order chi connectivity index (χ1) is 13.4. The number of benzene rings is 2. The fourth-order valence-electron chi connectivity index (χ4n) is 3.77. The fourth-order valence-corrected chi connectivity index (χ4v) is 4.58. The minimum Gasteiger partial charge on any atom is -0.344 e. The zero-order valence-corrected chi connectivity index (χ0v) is 19.0. The van der Waals surface area contributed by atoms with E-state index in [1.165, 1.54) is 5.56 Å². The van der Waals surface area contributed by atoms with Gasteiger partial charge in [-0.15, -0.1) is 0 Å². The number of thioether (sulfide) groups is 1. The summed E-state index contributed by atoms with van der Waals surface area (Å²) in [7, 11) is 0. The van der Waals surface area contributed by atoms with E-state index >= 15 is 0 Å². The molecule has 2 nitrogen and oxygen atoms in total. The number of para-hydroxylation sites is 1. The van der Waals surface area contributed by atoms with E-state index in [1.807, 2.05) is 30.8 Å². The van der Waals surface area contributed by atoms with Crippen LogP contribution in [0.4, 0.5) is 0 Å². The number of hydrogen-bond donors (Lipinski definition) is 0. The lowest BCUT2D eigenvalue weighted by Gasteiger charge is -2.13. The number of aryl methyl sites for hydroxylation is 1. The highest BCUT2D eigenvalue weighted by atomic mass is 35.5. The maximum atomic E-state index is 13.5. The van der Waals surface area contributed by atoms with Crippen LogP contribution in [-0.4, -0.2) is 22.4 Å². The number of hydrogen-bond acceptors (Lipinski definition) is 2. The molecule has 0 bridgehead atoms. The largest absolute Gasteiger partial charge is 0.344 e. The summed E-state index contributed by atoms with van der Waals surface area (Å²) >= 11 is 14.4. The van der Waals surface area contributed by atoms with Gasteiger partial charge in [-0.1, -0.05) is 61.3 Å². The first-order valence-corrected chi connectivity index (χ1v) is 11.6. The van der Waals surface area contributed by atoms with Crippen molar-refractivity contribution in [3.8, 4) is 0 Å². The molecule has 5 heteroatoms. The first kappa shape index (κ1) is 21.3. The van der Waals surface area contributed by atoms with E-state index in [1.54, 1.807) is 18.2 Å². The average molecular weight is 434 g/mol. The third-order valence-electron chi connectivity index (χ3n) is 5.15. The molecule has 3 aromatic rings. The van der Waals surface area contributed by atoms with Gasteiger partial charge in [-0.3, -0.25) is 4.79 Å². The molecule has 0 radical (unpaired) electrons. The van der Waals surface area contributed by atoms with Crippen LogP contribution >= 0.6 is 35.0 Å². The van der Waals surface area contributed by atoms with Crippen molar-refractivity contribution in [2.45, 2.75) is 39.7 Å². The van der Waals surface area contributed by atoms with E-state index in [4.69, 9.17) is 23.2 Å². The zero-order chi connectivity index (χ0) is 20.4. The van der Waals surface area contributed by atoms with Crippen LogP contribution in [0.2, 0.25) is 10.0 Å². The Morgan fingerprint density at radius 1 is 1.14 bits per heavy atom. The Balaban J connectivity index is 2.25. The van der Waals surface area contributed by atoms with Crippen LogP contribution in [0, 0.1) is 6.92 Å². The van der Waals surface area contributed by atoms with Crippen LogP contribution in [0.5, 0.6) is 0 Å². The summed E-state index contributed by atoms with van der Waals surface area (Å²) in [5, 5.41) is 1.71. The number of halogens is 2. The summed E-state index contributed by atoms with van der Waals surface area (Å²) in [5.41, 5.74) is 4.60. The van der Waals surface area contributed by atoms with Crippen LogP contribution in [0.3, 0.4) is 0 Å². The molecule has 1 aromatic heterocycles. The summed E-state index contributed by atoms with van der Waals surface area (Å²) < 4.78 is 2.31.